The zero-order valence-electron chi connectivity index (χ0n) is 9.19. The molecule has 17 heavy (non-hydrogen) atoms. The molecule has 0 aromatic carbocycles. The van der Waals surface area contributed by atoms with E-state index in [4.69, 9.17) is 15.6 Å². The van der Waals surface area contributed by atoms with Crippen LogP contribution in [0, 0.1) is 0 Å². The van der Waals surface area contributed by atoms with Crippen LogP contribution in [0.5, 0.6) is 0 Å². The number of aromatic nitrogens is 1. The Morgan fingerprint density at radius 1 is 1.65 bits per heavy atom. The predicted molar refractivity (Wildman–Crippen MR) is 56.8 cm³/mol. The summed E-state index contributed by atoms with van der Waals surface area (Å²) in [6.45, 7) is -0.228. The van der Waals surface area contributed by atoms with Crippen molar-refractivity contribution in [2.75, 3.05) is 6.61 Å². The van der Waals surface area contributed by atoms with Gasteiger partial charge in [-0.2, -0.15) is 4.57 Å². The molecule has 92 valence electrons. The van der Waals surface area contributed by atoms with Gasteiger partial charge in [-0.3, -0.25) is 4.79 Å². The third-order valence-corrected chi connectivity index (χ3v) is 2.82. The molecule has 1 aromatic rings. The summed E-state index contributed by atoms with van der Waals surface area (Å²) < 4.78 is 7.12. The van der Waals surface area contributed by atoms with E-state index in [1.54, 1.807) is 29.1 Å². The highest BCUT2D eigenvalue weighted by molar-refractivity contribution is 5.92. The number of carbonyl (C=O) groups excluding carboxylic acids is 1. The molecule has 0 unspecified atom stereocenters. The lowest BCUT2D eigenvalue weighted by Crippen LogP contribution is -2.40. The number of nitrogens with two attached hydrogens (primary N) is 1. The molecule has 1 aliphatic heterocycles. The Morgan fingerprint density at radius 3 is 3.00 bits per heavy atom. The molecule has 1 amide bonds. The van der Waals surface area contributed by atoms with Crippen molar-refractivity contribution in [2.45, 2.75) is 24.9 Å². The molecule has 0 spiro atoms. The number of hydrogen-bond donors (Lipinski definition) is 3. The molecule has 1 fully saturated rings. The Bertz CT molecular complexity index is 424. The normalized spacial score (nSPS) is 28.2. The summed E-state index contributed by atoms with van der Waals surface area (Å²) in [5.74, 6) is -0.517. The molecular weight excluding hydrogens is 224 g/mol. The molecule has 0 radical (unpaired) electrons. The van der Waals surface area contributed by atoms with Crippen molar-refractivity contribution < 1.29 is 24.3 Å². The number of aliphatic hydroxyl groups is 2. The molecule has 2 rings (SSSR count). The second-order valence-corrected chi connectivity index (χ2v) is 4.02. The average molecular weight is 239 g/mol. The number of aliphatic hydroxyl groups excluding tert-OH is 2. The van der Waals surface area contributed by atoms with Crippen LogP contribution in [0.15, 0.2) is 24.5 Å². The molecule has 0 bridgehead atoms. The molecule has 3 atom stereocenters. The highest BCUT2D eigenvalue weighted by atomic mass is 16.5. The van der Waals surface area contributed by atoms with Crippen LogP contribution < -0.4 is 10.3 Å². The Hall–Kier alpha value is -1.50. The molecule has 0 saturated carbocycles. The van der Waals surface area contributed by atoms with Gasteiger partial charge < -0.3 is 20.7 Å². The van der Waals surface area contributed by atoms with Crippen molar-refractivity contribution in [3.8, 4) is 0 Å². The summed E-state index contributed by atoms with van der Waals surface area (Å²) in [7, 11) is 0. The molecule has 6 heteroatoms. The second-order valence-electron chi connectivity index (χ2n) is 4.02. The summed E-state index contributed by atoms with van der Waals surface area (Å²) in [6.07, 6.45) is 2.00. The van der Waals surface area contributed by atoms with Crippen molar-refractivity contribution in [1.82, 2.24) is 0 Å². The predicted octanol–water partition coefficient (Wildman–Crippen LogP) is -1.29. The Morgan fingerprint density at radius 2 is 2.41 bits per heavy atom. The van der Waals surface area contributed by atoms with Crippen LogP contribution in [0.3, 0.4) is 0 Å². The van der Waals surface area contributed by atoms with Crippen LogP contribution in [0.4, 0.5) is 0 Å². The highest BCUT2D eigenvalue weighted by Crippen LogP contribution is 2.24. The summed E-state index contributed by atoms with van der Waals surface area (Å²) >= 11 is 0. The maximum atomic E-state index is 11.0. The van der Waals surface area contributed by atoms with Gasteiger partial charge in [0.1, 0.15) is 11.7 Å². The monoisotopic (exact) mass is 239 g/mol. The van der Waals surface area contributed by atoms with Gasteiger partial charge in [0.15, 0.2) is 12.4 Å². The number of carbonyl (C=O) groups is 1. The number of amides is 1. The van der Waals surface area contributed by atoms with Crippen molar-refractivity contribution in [3.05, 3.63) is 30.1 Å². The van der Waals surface area contributed by atoms with E-state index in [9.17, 15) is 9.90 Å². The lowest BCUT2D eigenvalue weighted by atomic mass is 10.2. The van der Waals surface area contributed by atoms with Crippen molar-refractivity contribution in [2.24, 2.45) is 5.73 Å². The standard InChI is InChI=1S/C11H14N2O4/c12-11(16)7-2-1-3-13(5-7)10-4-8(15)9(6-14)17-10/h1-3,5,8-10,14-15H,4,6H2,(H-,12,16)/p+1/t8-,9+,10+/m0/s1. The number of primary amides is 1. The first-order valence-corrected chi connectivity index (χ1v) is 5.37. The summed E-state index contributed by atoms with van der Waals surface area (Å²) in [5.41, 5.74) is 5.55. The maximum Gasteiger partial charge on any atom is 0.265 e. The fourth-order valence-corrected chi connectivity index (χ4v) is 1.88. The van der Waals surface area contributed by atoms with E-state index in [2.05, 4.69) is 0 Å². The Labute approximate surface area is 98.2 Å². The first-order chi connectivity index (χ1) is 8.11. The fourth-order valence-electron chi connectivity index (χ4n) is 1.88. The first kappa shape index (κ1) is 12.0. The summed E-state index contributed by atoms with van der Waals surface area (Å²) in [4.78, 5) is 11.0. The van der Waals surface area contributed by atoms with E-state index in [-0.39, 0.29) is 12.8 Å². The number of ether oxygens (including phenoxy) is 1. The quantitative estimate of drug-likeness (QED) is 0.572. The first-order valence-electron chi connectivity index (χ1n) is 5.37. The summed E-state index contributed by atoms with van der Waals surface area (Å²) in [5, 5.41) is 18.6. The molecular formula is C11H15N2O4+. The van der Waals surface area contributed by atoms with Gasteiger partial charge in [0.2, 0.25) is 0 Å². The molecule has 2 heterocycles. The van der Waals surface area contributed by atoms with Gasteiger partial charge in [0, 0.05) is 6.07 Å². The summed E-state index contributed by atoms with van der Waals surface area (Å²) in [6, 6.07) is 3.29. The molecule has 6 nitrogen and oxygen atoms in total. The molecule has 0 aliphatic carbocycles. The lowest BCUT2D eigenvalue weighted by Gasteiger charge is -2.08. The van der Waals surface area contributed by atoms with E-state index >= 15 is 0 Å². The number of pyridine rings is 1. The number of nitrogens with zero attached hydrogens (tertiary/aromatic N) is 1. The largest absolute Gasteiger partial charge is 0.394 e. The minimum atomic E-state index is -0.699. The van der Waals surface area contributed by atoms with Crippen LogP contribution in [0.25, 0.3) is 0 Å². The molecule has 1 saturated heterocycles. The molecule has 1 aliphatic rings. The third-order valence-electron chi connectivity index (χ3n) is 2.82. The van der Waals surface area contributed by atoms with Gasteiger partial charge in [-0.05, 0) is 6.07 Å². The average Bonchev–Trinajstić information content (AvgIpc) is 2.71. The topological polar surface area (TPSA) is 96.7 Å². The van der Waals surface area contributed by atoms with Gasteiger partial charge >= 0.3 is 0 Å². The van der Waals surface area contributed by atoms with Crippen LogP contribution >= 0.6 is 0 Å². The van der Waals surface area contributed by atoms with Gasteiger partial charge in [-0.1, -0.05) is 0 Å². The van der Waals surface area contributed by atoms with E-state index in [0.717, 1.165) is 0 Å². The zero-order valence-corrected chi connectivity index (χ0v) is 9.19. The Balaban J connectivity index is 2.18. The third kappa shape index (κ3) is 2.44. The van der Waals surface area contributed by atoms with E-state index in [0.29, 0.717) is 12.0 Å². The van der Waals surface area contributed by atoms with Crippen LogP contribution in [0.2, 0.25) is 0 Å². The number of rotatable bonds is 3. The zero-order chi connectivity index (χ0) is 12.4. The molecule has 4 N–H and O–H groups in total. The van der Waals surface area contributed by atoms with Gasteiger partial charge in [-0.15, -0.1) is 0 Å². The van der Waals surface area contributed by atoms with E-state index in [1.165, 1.54) is 0 Å². The van der Waals surface area contributed by atoms with Crippen molar-refractivity contribution in [1.29, 1.82) is 0 Å². The van der Waals surface area contributed by atoms with Crippen LogP contribution in [-0.2, 0) is 4.74 Å². The van der Waals surface area contributed by atoms with Gasteiger partial charge in [-0.25, -0.2) is 0 Å². The van der Waals surface area contributed by atoms with Crippen molar-refractivity contribution in [3.63, 3.8) is 0 Å². The van der Waals surface area contributed by atoms with Crippen LogP contribution in [-0.4, -0.2) is 34.9 Å². The maximum absolute atomic E-state index is 11.0. The number of hydrogen-bond acceptors (Lipinski definition) is 4. The second kappa shape index (κ2) is 4.79. The minimum Gasteiger partial charge on any atom is -0.394 e. The van der Waals surface area contributed by atoms with Crippen molar-refractivity contribution >= 4 is 5.91 Å². The minimum absolute atomic E-state index is 0.228. The highest BCUT2D eigenvalue weighted by Gasteiger charge is 2.38. The van der Waals surface area contributed by atoms with E-state index < -0.39 is 18.1 Å². The lowest BCUT2D eigenvalue weighted by molar-refractivity contribution is -0.759. The smallest absolute Gasteiger partial charge is 0.265 e. The fraction of sp³-hybridized carbons (Fsp3) is 0.455. The van der Waals surface area contributed by atoms with Gasteiger partial charge in [0.05, 0.1) is 19.1 Å². The SMILES string of the molecule is NC(=O)c1ccc[n+]([C@H]2C[C@H](O)[C@@H](CO)O2)c1. The van der Waals surface area contributed by atoms with Crippen LogP contribution in [0.1, 0.15) is 23.0 Å². The molecule has 1 aromatic heterocycles. The van der Waals surface area contributed by atoms with E-state index in [1.807, 2.05) is 0 Å². The van der Waals surface area contributed by atoms with Gasteiger partial charge in [0.25, 0.3) is 12.1 Å². The Kier molecular flexibility index (Phi) is 3.37.